The van der Waals surface area contributed by atoms with E-state index in [0.29, 0.717) is 16.9 Å². The minimum atomic E-state index is -4.44. The van der Waals surface area contributed by atoms with Gasteiger partial charge in [-0.3, -0.25) is 10.1 Å². The Morgan fingerprint density at radius 2 is 1.93 bits per heavy atom. The van der Waals surface area contributed by atoms with Gasteiger partial charge in [-0.2, -0.15) is 17.7 Å². The molecule has 0 bridgehead atoms. The Bertz CT molecular complexity index is 1060. The molecule has 4 rings (SSSR count). The summed E-state index contributed by atoms with van der Waals surface area (Å²) in [6, 6.07) is 11.4. The van der Waals surface area contributed by atoms with Crippen LogP contribution in [0.1, 0.15) is 18.5 Å². The van der Waals surface area contributed by atoms with Crippen molar-refractivity contribution in [3.63, 3.8) is 0 Å². The third-order valence-corrected chi connectivity index (χ3v) is 5.95. The molecular formula is C19H15F3N3O2S+. The lowest BCUT2D eigenvalue weighted by Gasteiger charge is -2.09. The summed E-state index contributed by atoms with van der Waals surface area (Å²) in [4.78, 5) is 10.4. The molecule has 2 aromatic carbocycles. The molecule has 0 saturated heterocycles. The quantitative estimate of drug-likeness (QED) is 0.348. The molecule has 1 aliphatic heterocycles. The number of benzene rings is 2. The van der Waals surface area contributed by atoms with Crippen molar-refractivity contribution in [2.24, 2.45) is 0 Å². The molecule has 0 aliphatic carbocycles. The fourth-order valence-corrected chi connectivity index (χ4v) is 4.49. The van der Waals surface area contributed by atoms with Gasteiger partial charge in [0.25, 0.3) is 5.69 Å². The summed E-state index contributed by atoms with van der Waals surface area (Å²) in [6.45, 7) is 2.04. The van der Waals surface area contributed by atoms with E-state index in [1.807, 2.05) is 17.7 Å². The van der Waals surface area contributed by atoms with E-state index in [0.717, 1.165) is 23.0 Å². The van der Waals surface area contributed by atoms with Crippen LogP contribution in [0.5, 0.6) is 0 Å². The highest BCUT2D eigenvalue weighted by molar-refractivity contribution is 7.99. The first kappa shape index (κ1) is 18.5. The van der Waals surface area contributed by atoms with E-state index in [9.17, 15) is 23.3 Å². The number of aromatic nitrogens is 2. The zero-order chi connectivity index (χ0) is 20.1. The number of halogens is 3. The van der Waals surface area contributed by atoms with Gasteiger partial charge in [0, 0.05) is 23.4 Å². The van der Waals surface area contributed by atoms with Crippen LogP contribution in [-0.4, -0.2) is 15.2 Å². The van der Waals surface area contributed by atoms with Crippen molar-refractivity contribution in [1.82, 2.24) is 4.57 Å². The second-order valence-corrected chi connectivity index (χ2v) is 7.54. The van der Waals surface area contributed by atoms with E-state index in [1.165, 1.54) is 18.2 Å². The molecule has 1 aromatic heterocycles. The first-order valence-electron chi connectivity index (χ1n) is 8.48. The van der Waals surface area contributed by atoms with Gasteiger partial charge in [-0.05, 0) is 49.0 Å². The Balaban J connectivity index is 1.90. The topological polar surface area (TPSA) is 51.9 Å². The van der Waals surface area contributed by atoms with Gasteiger partial charge in [0.05, 0.1) is 10.5 Å². The summed E-state index contributed by atoms with van der Waals surface area (Å²) in [5.41, 5.74) is 1.02. The molecule has 0 N–H and O–H groups in total. The van der Waals surface area contributed by atoms with Crippen LogP contribution in [0.4, 0.5) is 18.9 Å². The summed E-state index contributed by atoms with van der Waals surface area (Å²) < 4.78 is 43.4. The number of non-ortho nitro benzene ring substituents is 1. The molecular weight excluding hydrogens is 391 g/mol. The standard InChI is InChI=1S/C19H15F3N3O2S/c1-12-11-28-18-23(12)10-17(13-5-7-15(8-6-13)25(26)27)24(18)16-4-2-3-14(9-16)19(20,21)22/h2-10,12H,11H2,1H3/q+1/t12-/m1/s1. The Labute approximate surface area is 162 Å². The first-order valence-corrected chi connectivity index (χ1v) is 9.46. The van der Waals surface area contributed by atoms with E-state index < -0.39 is 16.7 Å². The molecule has 0 spiro atoms. The van der Waals surface area contributed by atoms with Crippen molar-refractivity contribution >= 4 is 17.4 Å². The third kappa shape index (κ3) is 3.15. The molecule has 144 valence electrons. The second kappa shape index (κ2) is 6.66. The highest BCUT2D eigenvalue weighted by Crippen LogP contribution is 2.37. The normalized spacial score (nSPS) is 16.2. The number of nitro groups is 1. The number of nitro benzene ring substituents is 1. The third-order valence-electron chi connectivity index (χ3n) is 4.65. The van der Waals surface area contributed by atoms with Crippen molar-refractivity contribution < 1.29 is 22.7 Å². The van der Waals surface area contributed by atoms with Crippen LogP contribution < -0.4 is 4.57 Å². The second-order valence-electron chi connectivity index (χ2n) is 6.55. The maximum Gasteiger partial charge on any atom is 0.416 e. The Morgan fingerprint density at radius 3 is 2.57 bits per heavy atom. The molecule has 2 heterocycles. The summed E-state index contributed by atoms with van der Waals surface area (Å²) in [5.74, 6) is 0.828. The predicted octanol–water partition coefficient (Wildman–Crippen LogP) is 5.03. The smallest absolute Gasteiger partial charge is 0.258 e. The van der Waals surface area contributed by atoms with Crippen LogP contribution in [0.3, 0.4) is 0 Å². The molecule has 28 heavy (non-hydrogen) atoms. The van der Waals surface area contributed by atoms with Crippen molar-refractivity contribution in [2.75, 3.05) is 5.75 Å². The molecule has 0 radical (unpaired) electrons. The average Bonchev–Trinajstić information content (AvgIpc) is 3.21. The first-order chi connectivity index (χ1) is 13.3. The van der Waals surface area contributed by atoms with Crippen LogP contribution in [0.2, 0.25) is 0 Å². The molecule has 0 fully saturated rings. The Hall–Kier alpha value is -2.81. The molecule has 0 saturated carbocycles. The van der Waals surface area contributed by atoms with Gasteiger partial charge in [0.15, 0.2) is 5.69 Å². The van der Waals surface area contributed by atoms with Gasteiger partial charge >= 0.3 is 11.3 Å². The number of hydrogen-bond acceptors (Lipinski definition) is 3. The number of hydrogen-bond donors (Lipinski definition) is 0. The molecule has 5 nitrogen and oxygen atoms in total. The van der Waals surface area contributed by atoms with Crippen molar-refractivity contribution in [1.29, 1.82) is 0 Å². The highest BCUT2D eigenvalue weighted by atomic mass is 32.2. The van der Waals surface area contributed by atoms with Gasteiger partial charge in [-0.1, -0.05) is 6.07 Å². The van der Waals surface area contributed by atoms with Crippen molar-refractivity contribution in [3.05, 3.63) is 70.4 Å². The number of rotatable bonds is 3. The van der Waals surface area contributed by atoms with Gasteiger partial charge in [0.2, 0.25) is 0 Å². The Kier molecular flexibility index (Phi) is 4.41. The number of nitrogens with zero attached hydrogens (tertiary/aromatic N) is 3. The van der Waals surface area contributed by atoms with E-state index in [-0.39, 0.29) is 11.7 Å². The van der Waals surface area contributed by atoms with E-state index >= 15 is 0 Å². The van der Waals surface area contributed by atoms with Gasteiger partial charge in [-0.25, -0.2) is 4.57 Å². The minimum absolute atomic E-state index is 0.0381. The predicted molar refractivity (Wildman–Crippen MR) is 98.5 cm³/mol. The van der Waals surface area contributed by atoms with Gasteiger partial charge in [-0.15, -0.1) is 0 Å². The van der Waals surface area contributed by atoms with Crippen LogP contribution in [0.15, 0.2) is 59.9 Å². The lowest BCUT2D eigenvalue weighted by molar-refractivity contribution is -0.744. The molecule has 0 unspecified atom stereocenters. The van der Waals surface area contributed by atoms with E-state index in [2.05, 4.69) is 0 Å². The van der Waals surface area contributed by atoms with Gasteiger partial charge < -0.3 is 0 Å². The van der Waals surface area contributed by atoms with Crippen molar-refractivity contribution in [3.8, 4) is 16.9 Å². The van der Waals surface area contributed by atoms with E-state index in [1.54, 1.807) is 34.5 Å². The SMILES string of the molecule is C[C@@H]1CSc2n(-c3cccc(C(F)(F)F)c3)c(-c3ccc([N+](=O)[O-])cc3)c[n+]21. The zero-order valence-electron chi connectivity index (χ0n) is 14.7. The van der Waals surface area contributed by atoms with Crippen LogP contribution in [-0.2, 0) is 6.18 Å². The largest absolute Gasteiger partial charge is 0.416 e. The number of alkyl halides is 3. The number of thioether (sulfide) groups is 1. The fraction of sp³-hybridized carbons (Fsp3) is 0.211. The molecule has 1 atom stereocenters. The maximum absolute atomic E-state index is 13.2. The molecule has 3 aromatic rings. The van der Waals surface area contributed by atoms with Crippen molar-refractivity contribution in [2.45, 2.75) is 24.3 Å². The lowest BCUT2D eigenvalue weighted by Crippen LogP contribution is -2.34. The zero-order valence-corrected chi connectivity index (χ0v) is 15.5. The molecule has 0 amide bonds. The number of fused-ring (bicyclic) bond motifs is 1. The highest BCUT2D eigenvalue weighted by Gasteiger charge is 2.36. The van der Waals surface area contributed by atoms with E-state index in [4.69, 9.17) is 0 Å². The van der Waals surface area contributed by atoms with Crippen LogP contribution in [0, 0.1) is 10.1 Å². The monoisotopic (exact) mass is 406 g/mol. The summed E-state index contributed by atoms with van der Waals surface area (Å²) in [6.07, 6.45) is -2.55. The van der Waals surface area contributed by atoms with Gasteiger partial charge in [0.1, 0.15) is 17.9 Å². The maximum atomic E-state index is 13.2. The average molecular weight is 406 g/mol. The minimum Gasteiger partial charge on any atom is -0.258 e. The van der Waals surface area contributed by atoms with Crippen LogP contribution in [0.25, 0.3) is 16.9 Å². The lowest BCUT2D eigenvalue weighted by atomic mass is 10.1. The summed E-state index contributed by atoms with van der Waals surface area (Å²) in [7, 11) is 0. The number of imidazole rings is 1. The Morgan fingerprint density at radius 1 is 1.21 bits per heavy atom. The summed E-state index contributed by atoms with van der Waals surface area (Å²) >= 11 is 1.57. The fourth-order valence-electron chi connectivity index (χ4n) is 3.22. The molecule has 1 aliphatic rings. The summed E-state index contributed by atoms with van der Waals surface area (Å²) in [5, 5.41) is 11.7. The van der Waals surface area contributed by atoms with Crippen LogP contribution >= 0.6 is 11.8 Å². The molecule has 9 heteroatoms.